The predicted molar refractivity (Wildman–Crippen MR) is 65.2 cm³/mol. The molecule has 1 aliphatic rings. The third-order valence-electron chi connectivity index (χ3n) is 2.93. The number of Topliss-reactive ketones (excluding diaryl/α,β-unsaturated/α-hetero) is 2. The first-order chi connectivity index (χ1) is 8.11. The summed E-state index contributed by atoms with van der Waals surface area (Å²) in [6.45, 7) is 2.12. The van der Waals surface area contributed by atoms with Gasteiger partial charge in [0, 0.05) is 18.5 Å². The lowest BCUT2D eigenvalue weighted by atomic mass is 9.87. The third kappa shape index (κ3) is 2.46. The van der Waals surface area contributed by atoms with Gasteiger partial charge in [0.05, 0.1) is 0 Å². The zero-order valence-electron chi connectivity index (χ0n) is 10.0. The van der Waals surface area contributed by atoms with Gasteiger partial charge >= 0.3 is 0 Å². The molecule has 0 radical (unpaired) electrons. The quantitative estimate of drug-likeness (QED) is 0.593. The Kier molecular flexibility index (Phi) is 4.33. The number of carbonyl (C=O) groups excluding carboxylic acids is 3. The highest BCUT2D eigenvalue weighted by atomic mass is 16.2. The second-order valence-corrected chi connectivity index (χ2v) is 4.12. The minimum atomic E-state index is -1.16. The molecule has 0 saturated carbocycles. The summed E-state index contributed by atoms with van der Waals surface area (Å²) in [6, 6.07) is 6.98. The Balaban J connectivity index is 0.00000162. The van der Waals surface area contributed by atoms with E-state index >= 15 is 0 Å². The van der Waals surface area contributed by atoms with Crippen LogP contribution in [-0.2, 0) is 9.59 Å². The zero-order chi connectivity index (χ0) is 12.4. The molecule has 1 aromatic rings. The lowest BCUT2D eigenvalue weighted by molar-refractivity contribution is -0.134. The summed E-state index contributed by atoms with van der Waals surface area (Å²) in [5.74, 6) is -2.33. The van der Waals surface area contributed by atoms with Crippen molar-refractivity contribution in [2.75, 3.05) is 6.54 Å². The van der Waals surface area contributed by atoms with Crippen LogP contribution in [0.4, 0.5) is 0 Å². The summed E-state index contributed by atoms with van der Waals surface area (Å²) in [4.78, 5) is 35.4. The van der Waals surface area contributed by atoms with E-state index in [0.717, 1.165) is 5.56 Å². The van der Waals surface area contributed by atoms with E-state index in [1.807, 2.05) is 6.07 Å². The molecule has 3 N–H and O–H groups in total. The predicted octanol–water partition coefficient (Wildman–Crippen LogP) is 0.0582. The molecule has 1 amide bonds. The molecule has 1 atom stereocenters. The standard InChI is InChI=1S/C13H13NO3.H2O/c1-8-4-2-3-5-9(8)12(16)11-10(15)6-7-14-13(11)17;/h2-5,11H,6-7H2,1H3,(H,14,17);1H2. The van der Waals surface area contributed by atoms with Gasteiger partial charge in [0.25, 0.3) is 0 Å². The molecular weight excluding hydrogens is 234 g/mol. The van der Waals surface area contributed by atoms with Crippen LogP contribution in [0.25, 0.3) is 0 Å². The van der Waals surface area contributed by atoms with Gasteiger partial charge in [-0.2, -0.15) is 0 Å². The molecule has 0 aliphatic carbocycles. The van der Waals surface area contributed by atoms with E-state index in [1.165, 1.54) is 0 Å². The number of carbonyl (C=O) groups is 3. The molecule has 1 heterocycles. The maximum absolute atomic E-state index is 12.2. The molecule has 0 aromatic heterocycles. The van der Waals surface area contributed by atoms with Gasteiger partial charge in [0.1, 0.15) is 0 Å². The average Bonchev–Trinajstić information content (AvgIpc) is 2.29. The summed E-state index contributed by atoms with van der Waals surface area (Å²) in [5.41, 5.74) is 1.23. The summed E-state index contributed by atoms with van der Waals surface area (Å²) in [6.07, 6.45) is 0.230. The van der Waals surface area contributed by atoms with Crippen LogP contribution in [0.15, 0.2) is 24.3 Å². The zero-order valence-corrected chi connectivity index (χ0v) is 10.0. The minimum Gasteiger partial charge on any atom is -0.412 e. The highest BCUT2D eigenvalue weighted by molar-refractivity contribution is 6.24. The highest BCUT2D eigenvalue weighted by Gasteiger charge is 2.37. The minimum absolute atomic E-state index is 0. The van der Waals surface area contributed by atoms with Crippen molar-refractivity contribution < 1.29 is 19.9 Å². The van der Waals surface area contributed by atoms with Crippen molar-refractivity contribution in [3.63, 3.8) is 0 Å². The first kappa shape index (κ1) is 14.1. The Morgan fingerprint density at radius 1 is 1.28 bits per heavy atom. The highest BCUT2D eigenvalue weighted by Crippen LogP contribution is 2.17. The summed E-state index contributed by atoms with van der Waals surface area (Å²) in [5, 5.41) is 2.55. The van der Waals surface area contributed by atoms with Crippen LogP contribution in [0.5, 0.6) is 0 Å². The van der Waals surface area contributed by atoms with E-state index in [0.29, 0.717) is 12.1 Å². The van der Waals surface area contributed by atoms with Gasteiger partial charge in [-0.3, -0.25) is 14.4 Å². The molecule has 5 nitrogen and oxygen atoms in total. The normalized spacial score (nSPS) is 18.8. The fourth-order valence-electron chi connectivity index (χ4n) is 1.97. The van der Waals surface area contributed by atoms with Gasteiger partial charge in [-0.05, 0) is 12.5 Å². The maximum Gasteiger partial charge on any atom is 0.238 e. The van der Waals surface area contributed by atoms with E-state index in [2.05, 4.69) is 5.32 Å². The van der Waals surface area contributed by atoms with Crippen molar-refractivity contribution in [2.45, 2.75) is 13.3 Å². The van der Waals surface area contributed by atoms with Crippen LogP contribution in [0.2, 0.25) is 0 Å². The summed E-state index contributed by atoms with van der Waals surface area (Å²) in [7, 11) is 0. The van der Waals surface area contributed by atoms with Crippen LogP contribution in [0.1, 0.15) is 22.3 Å². The van der Waals surface area contributed by atoms with Crippen molar-refractivity contribution in [1.29, 1.82) is 0 Å². The second-order valence-electron chi connectivity index (χ2n) is 4.12. The fraction of sp³-hybridized carbons (Fsp3) is 0.308. The Hall–Kier alpha value is -2.01. The number of piperidine rings is 1. The smallest absolute Gasteiger partial charge is 0.238 e. The van der Waals surface area contributed by atoms with E-state index in [-0.39, 0.29) is 17.7 Å². The van der Waals surface area contributed by atoms with Crippen molar-refractivity contribution in [3.05, 3.63) is 35.4 Å². The van der Waals surface area contributed by atoms with Gasteiger partial charge < -0.3 is 10.8 Å². The Morgan fingerprint density at radius 2 is 1.94 bits per heavy atom. The first-order valence-corrected chi connectivity index (χ1v) is 5.51. The molecule has 1 aliphatic heterocycles. The number of hydrogen-bond acceptors (Lipinski definition) is 3. The number of rotatable bonds is 2. The molecule has 0 bridgehead atoms. The van der Waals surface area contributed by atoms with Gasteiger partial charge in [-0.1, -0.05) is 24.3 Å². The number of ketones is 2. The molecule has 96 valence electrons. The monoisotopic (exact) mass is 249 g/mol. The molecule has 2 rings (SSSR count). The lowest BCUT2D eigenvalue weighted by Crippen LogP contribution is -2.46. The van der Waals surface area contributed by atoms with E-state index < -0.39 is 17.6 Å². The van der Waals surface area contributed by atoms with Crippen LogP contribution in [0, 0.1) is 12.8 Å². The van der Waals surface area contributed by atoms with Gasteiger partial charge in [0.15, 0.2) is 17.5 Å². The molecule has 1 saturated heterocycles. The number of nitrogens with one attached hydrogen (secondary N) is 1. The molecule has 0 spiro atoms. The van der Waals surface area contributed by atoms with E-state index in [9.17, 15) is 14.4 Å². The lowest BCUT2D eigenvalue weighted by Gasteiger charge is -2.20. The van der Waals surface area contributed by atoms with Gasteiger partial charge in [-0.25, -0.2) is 0 Å². The summed E-state index contributed by atoms with van der Waals surface area (Å²) >= 11 is 0. The van der Waals surface area contributed by atoms with E-state index in [1.54, 1.807) is 25.1 Å². The van der Waals surface area contributed by atoms with Crippen molar-refractivity contribution in [2.24, 2.45) is 5.92 Å². The molecule has 5 heteroatoms. The maximum atomic E-state index is 12.2. The Morgan fingerprint density at radius 3 is 2.56 bits per heavy atom. The fourth-order valence-corrected chi connectivity index (χ4v) is 1.97. The first-order valence-electron chi connectivity index (χ1n) is 5.51. The van der Waals surface area contributed by atoms with Crippen LogP contribution in [-0.4, -0.2) is 29.5 Å². The van der Waals surface area contributed by atoms with Gasteiger partial charge in [-0.15, -0.1) is 0 Å². The van der Waals surface area contributed by atoms with Crippen molar-refractivity contribution >= 4 is 17.5 Å². The number of amides is 1. The molecule has 1 fully saturated rings. The van der Waals surface area contributed by atoms with Crippen LogP contribution in [0.3, 0.4) is 0 Å². The second kappa shape index (κ2) is 5.55. The van der Waals surface area contributed by atoms with Crippen molar-refractivity contribution in [3.8, 4) is 0 Å². The third-order valence-corrected chi connectivity index (χ3v) is 2.93. The van der Waals surface area contributed by atoms with E-state index in [4.69, 9.17) is 0 Å². The molecule has 1 aromatic carbocycles. The number of benzene rings is 1. The van der Waals surface area contributed by atoms with Crippen LogP contribution >= 0.6 is 0 Å². The van der Waals surface area contributed by atoms with Crippen molar-refractivity contribution in [1.82, 2.24) is 5.32 Å². The topological polar surface area (TPSA) is 94.7 Å². The summed E-state index contributed by atoms with van der Waals surface area (Å²) < 4.78 is 0. The van der Waals surface area contributed by atoms with Crippen LogP contribution < -0.4 is 5.32 Å². The largest absolute Gasteiger partial charge is 0.412 e. The molecule has 18 heavy (non-hydrogen) atoms. The number of hydrogen-bond donors (Lipinski definition) is 1. The van der Waals surface area contributed by atoms with Gasteiger partial charge in [0.2, 0.25) is 5.91 Å². The Bertz CT molecular complexity index is 480. The molecular formula is C13H15NO4. The number of aryl methyl sites for hydroxylation is 1. The average molecular weight is 249 g/mol. The Labute approximate surface area is 104 Å². The molecule has 1 unspecified atom stereocenters. The SMILES string of the molecule is Cc1ccccc1C(=O)C1C(=O)CCNC1=O.O.